The van der Waals surface area contributed by atoms with Crippen molar-refractivity contribution < 1.29 is 0 Å². The first-order chi connectivity index (χ1) is 8.72. The summed E-state index contributed by atoms with van der Waals surface area (Å²) in [5.74, 6) is 0.872. The van der Waals surface area contributed by atoms with E-state index >= 15 is 0 Å². The topological polar surface area (TPSA) is 15.3 Å². The first-order valence-electron chi connectivity index (χ1n) is 7.27. The Hall–Kier alpha value is -1.02. The van der Waals surface area contributed by atoms with Gasteiger partial charge in [-0.25, -0.2) is 0 Å². The number of hydrogen-bond donors (Lipinski definition) is 1. The molecule has 18 heavy (non-hydrogen) atoms. The maximum absolute atomic E-state index is 3.44. The van der Waals surface area contributed by atoms with Crippen LogP contribution in [-0.4, -0.2) is 19.1 Å². The summed E-state index contributed by atoms with van der Waals surface area (Å²) in [6.45, 7) is 10.1. The summed E-state index contributed by atoms with van der Waals surface area (Å²) in [5, 5.41) is 3.44. The fourth-order valence-electron chi connectivity index (χ4n) is 2.97. The molecule has 100 valence electrons. The highest BCUT2D eigenvalue weighted by Gasteiger charge is 2.24. The van der Waals surface area contributed by atoms with Gasteiger partial charge in [0.05, 0.1) is 0 Å². The minimum absolute atomic E-state index is 0.663. The van der Waals surface area contributed by atoms with Crippen molar-refractivity contribution in [2.45, 2.75) is 46.2 Å². The lowest BCUT2D eigenvalue weighted by atomic mass is 9.92. The average Bonchev–Trinajstić information content (AvgIpc) is 2.37. The van der Waals surface area contributed by atoms with Gasteiger partial charge in [0.2, 0.25) is 0 Å². The van der Waals surface area contributed by atoms with Gasteiger partial charge in [-0.15, -0.1) is 0 Å². The zero-order valence-electron chi connectivity index (χ0n) is 11.9. The number of nitrogens with zero attached hydrogens (tertiary/aromatic N) is 1. The van der Waals surface area contributed by atoms with Gasteiger partial charge in [0.1, 0.15) is 0 Å². The number of anilines is 1. The Morgan fingerprint density at radius 3 is 2.78 bits per heavy atom. The molecule has 1 aromatic rings. The summed E-state index contributed by atoms with van der Waals surface area (Å²) in [5.41, 5.74) is 2.86. The highest BCUT2D eigenvalue weighted by molar-refractivity contribution is 5.54. The lowest BCUT2D eigenvalue weighted by Crippen LogP contribution is -2.40. The maximum Gasteiger partial charge on any atom is 0.0414 e. The van der Waals surface area contributed by atoms with Crippen LogP contribution in [0.15, 0.2) is 24.3 Å². The van der Waals surface area contributed by atoms with E-state index in [1.807, 2.05) is 0 Å². The summed E-state index contributed by atoms with van der Waals surface area (Å²) in [6.07, 6.45) is 2.63. The molecule has 2 heteroatoms. The van der Waals surface area contributed by atoms with Gasteiger partial charge in [-0.1, -0.05) is 32.0 Å². The number of benzene rings is 1. The first-order valence-corrected chi connectivity index (χ1v) is 7.27. The number of para-hydroxylation sites is 1. The zero-order chi connectivity index (χ0) is 13.0. The van der Waals surface area contributed by atoms with Crippen molar-refractivity contribution in [2.24, 2.45) is 5.92 Å². The zero-order valence-corrected chi connectivity index (χ0v) is 11.9. The Kier molecular flexibility index (Phi) is 4.65. The van der Waals surface area contributed by atoms with E-state index in [0.29, 0.717) is 6.04 Å². The van der Waals surface area contributed by atoms with E-state index in [0.717, 1.165) is 19.0 Å². The molecule has 1 aromatic carbocycles. The second-order valence-corrected chi connectivity index (χ2v) is 5.58. The highest BCUT2D eigenvalue weighted by atomic mass is 15.2. The van der Waals surface area contributed by atoms with Crippen molar-refractivity contribution >= 4 is 5.69 Å². The second kappa shape index (κ2) is 6.24. The van der Waals surface area contributed by atoms with E-state index in [1.165, 1.54) is 30.6 Å². The molecule has 0 spiro atoms. The molecule has 1 fully saturated rings. The van der Waals surface area contributed by atoms with Crippen molar-refractivity contribution in [2.75, 3.05) is 18.0 Å². The molecular formula is C16H26N2. The van der Waals surface area contributed by atoms with Crippen LogP contribution in [0.25, 0.3) is 0 Å². The molecule has 1 aliphatic heterocycles. The van der Waals surface area contributed by atoms with Crippen LogP contribution in [0.2, 0.25) is 0 Å². The molecular weight excluding hydrogens is 220 g/mol. The smallest absolute Gasteiger partial charge is 0.0414 e. The molecule has 1 saturated heterocycles. The first kappa shape index (κ1) is 13.4. The summed E-state index contributed by atoms with van der Waals surface area (Å²) in [6, 6.07) is 9.50. The molecule has 0 radical (unpaired) electrons. The van der Waals surface area contributed by atoms with Gasteiger partial charge in [0.15, 0.2) is 0 Å². The minimum atomic E-state index is 0.663. The van der Waals surface area contributed by atoms with Crippen LogP contribution in [0.3, 0.4) is 0 Å². The van der Waals surface area contributed by atoms with Crippen LogP contribution in [0, 0.1) is 5.92 Å². The van der Waals surface area contributed by atoms with E-state index in [1.54, 1.807) is 0 Å². The lowest BCUT2D eigenvalue weighted by Gasteiger charge is -2.39. The SMILES string of the molecule is CCNCc1ccccc1N1CCC(C)CC1C. The van der Waals surface area contributed by atoms with Crippen LogP contribution in [0.5, 0.6) is 0 Å². The molecule has 2 rings (SSSR count). The monoisotopic (exact) mass is 246 g/mol. The molecule has 2 atom stereocenters. The molecule has 1 aliphatic rings. The second-order valence-electron chi connectivity index (χ2n) is 5.58. The summed E-state index contributed by atoms with van der Waals surface area (Å²) >= 11 is 0. The van der Waals surface area contributed by atoms with Crippen molar-refractivity contribution in [3.05, 3.63) is 29.8 Å². The molecule has 2 nitrogen and oxygen atoms in total. The number of rotatable bonds is 4. The Balaban J connectivity index is 2.16. The number of nitrogens with one attached hydrogen (secondary N) is 1. The van der Waals surface area contributed by atoms with Crippen molar-refractivity contribution in [1.29, 1.82) is 0 Å². The van der Waals surface area contributed by atoms with Crippen LogP contribution >= 0.6 is 0 Å². The standard InChI is InChI=1S/C16H26N2/c1-4-17-12-15-7-5-6-8-16(15)18-10-9-13(2)11-14(18)3/h5-8,13-14,17H,4,9-12H2,1-3H3. The molecule has 0 aliphatic carbocycles. The van der Waals surface area contributed by atoms with Crippen molar-refractivity contribution in [3.63, 3.8) is 0 Å². The van der Waals surface area contributed by atoms with Gasteiger partial charge in [0, 0.05) is 24.8 Å². The van der Waals surface area contributed by atoms with E-state index < -0.39 is 0 Å². The molecule has 1 N–H and O–H groups in total. The van der Waals surface area contributed by atoms with Crippen molar-refractivity contribution in [1.82, 2.24) is 5.32 Å². The third kappa shape index (κ3) is 3.05. The van der Waals surface area contributed by atoms with Gasteiger partial charge in [0.25, 0.3) is 0 Å². The van der Waals surface area contributed by atoms with E-state index in [4.69, 9.17) is 0 Å². The Morgan fingerprint density at radius 2 is 2.06 bits per heavy atom. The highest BCUT2D eigenvalue weighted by Crippen LogP contribution is 2.30. The van der Waals surface area contributed by atoms with Crippen LogP contribution < -0.4 is 10.2 Å². The van der Waals surface area contributed by atoms with Gasteiger partial charge in [-0.05, 0) is 43.9 Å². The summed E-state index contributed by atoms with van der Waals surface area (Å²) < 4.78 is 0. The fourth-order valence-corrected chi connectivity index (χ4v) is 2.97. The predicted octanol–water partition coefficient (Wildman–Crippen LogP) is 3.42. The molecule has 2 unspecified atom stereocenters. The molecule has 0 aromatic heterocycles. The molecule has 1 heterocycles. The predicted molar refractivity (Wildman–Crippen MR) is 79.0 cm³/mol. The number of piperidine rings is 1. The Bertz CT molecular complexity index is 375. The molecule has 0 amide bonds. The van der Waals surface area contributed by atoms with Gasteiger partial charge < -0.3 is 10.2 Å². The number of hydrogen-bond acceptors (Lipinski definition) is 2. The van der Waals surface area contributed by atoms with E-state index in [9.17, 15) is 0 Å². The minimum Gasteiger partial charge on any atom is -0.369 e. The van der Waals surface area contributed by atoms with Gasteiger partial charge >= 0.3 is 0 Å². The summed E-state index contributed by atoms with van der Waals surface area (Å²) in [7, 11) is 0. The quantitative estimate of drug-likeness (QED) is 0.875. The normalized spacial score (nSPS) is 24.3. The maximum atomic E-state index is 3.44. The van der Waals surface area contributed by atoms with Gasteiger partial charge in [-0.3, -0.25) is 0 Å². The Labute approximate surface area is 111 Å². The molecule has 0 bridgehead atoms. The molecule has 0 saturated carbocycles. The average molecular weight is 246 g/mol. The van der Waals surface area contributed by atoms with E-state index in [2.05, 4.69) is 55.3 Å². The van der Waals surface area contributed by atoms with Gasteiger partial charge in [-0.2, -0.15) is 0 Å². The fraction of sp³-hybridized carbons (Fsp3) is 0.625. The third-order valence-electron chi connectivity index (χ3n) is 4.00. The van der Waals surface area contributed by atoms with Crippen LogP contribution in [0.1, 0.15) is 39.2 Å². The van der Waals surface area contributed by atoms with Crippen molar-refractivity contribution in [3.8, 4) is 0 Å². The summed E-state index contributed by atoms with van der Waals surface area (Å²) in [4.78, 5) is 2.59. The largest absolute Gasteiger partial charge is 0.369 e. The third-order valence-corrected chi connectivity index (χ3v) is 4.00. The lowest BCUT2D eigenvalue weighted by molar-refractivity contribution is 0.377. The van der Waals surface area contributed by atoms with Crippen LogP contribution in [-0.2, 0) is 6.54 Å². The van der Waals surface area contributed by atoms with E-state index in [-0.39, 0.29) is 0 Å². The Morgan fingerprint density at radius 1 is 1.28 bits per heavy atom. The van der Waals surface area contributed by atoms with Crippen LogP contribution in [0.4, 0.5) is 5.69 Å².